The highest BCUT2D eigenvalue weighted by molar-refractivity contribution is 5.92. The predicted molar refractivity (Wildman–Crippen MR) is 94.1 cm³/mol. The van der Waals surface area contributed by atoms with E-state index in [-0.39, 0.29) is 11.3 Å². The van der Waals surface area contributed by atoms with Gasteiger partial charge in [0.25, 0.3) is 5.91 Å². The molecule has 0 unspecified atom stereocenters. The fourth-order valence-corrected chi connectivity index (χ4v) is 3.80. The van der Waals surface area contributed by atoms with E-state index in [0.717, 1.165) is 18.5 Å². The van der Waals surface area contributed by atoms with Crippen LogP contribution in [0, 0.1) is 0 Å². The Labute approximate surface area is 141 Å². The Bertz CT molecular complexity index is 814. The monoisotopic (exact) mass is 319 g/mol. The van der Waals surface area contributed by atoms with Crippen molar-refractivity contribution in [2.24, 2.45) is 0 Å². The van der Waals surface area contributed by atoms with E-state index < -0.39 is 0 Å². The van der Waals surface area contributed by atoms with E-state index in [2.05, 4.69) is 34.6 Å². The highest BCUT2D eigenvalue weighted by Crippen LogP contribution is 2.40. The first-order valence-corrected chi connectivity index (χ1v) is 8.54. The van der Waals surface area contributed by atoms with Gasteiger partial charge >= 0.3 is 0 Å². The Hall–Kier alpha value is -2.62. The maximum absolute atomic E-state index is 12.6. The molecule has 3 aromatic rings. The number of amides is 1. The molecular formula is C20H21N3O. The highest BCUT2D eigenvalue weighted by Gasteiger charge is 2.35. The number of pyridine rings is 1. The average Bonchev–Trinajstić information content (AvgIpc) is 3.28. The normalized spacial score (nSPS) is 16.3. The van der Waals surface area contributed by atoms with Crippen LogP contribution >= 0.6 is 0 Å². The van der Waals surface area contributed by atoms with E-state index >= 15 is 0 Å². The lowest BCUT2D eigenvalue weighted by atomic mass is 9.79. The van der Waals surface area contributed by atoms with Crippen LogP contribution in [0.15, 0.2) is 60.9 Å². The standard InChI is InChI=1S/C20H21N3O/c24-19(17-14-23-13-7-4-10-18(23)22-17)21-15-20(11-5-6-12-20)16-8-2-1-3-9-16/h1-4,7-10,13-14H,5-6,11-12,15H2,(H,21,24). The second-order valence-corrected chi connectivity index (χ2v) is 6.63. The number of fused-ring (bicyclic) bond motifs is 1. The summed E-state index contributed by atoms with van der Waals surface area (Å²) in [6, 6.07) is 16.3. The van der Waals surface area contributed by atoms with Gasteiger partial charge in [-0.3, -0.25) is 4.79 Å². The Kier molecular flexibility index (Phi) is 3.81. The Balaban J connectivity index is 1.53. The van der Waals surface area contributed by atoms with Crippen molar-refractivity contribution in [2.75, 3.05) is 6.54 Å². The summed E-state index contributed by atoms with van der Waals surface area (Å²) in [4.78, 5) is 17.0. The molecule has 1 aliphatic rings. The number of nitrogens with one attached hydrogen (secondary N) is 1. The number of hydrogen-bond donors (Lipinski definition) is 1. The van der Waals surface area contributed by atoms with Gasteiger partial charge in [-0.2, -0.15) is 0 Å². The smallest absolute Gasteiger partial charge is 0.271 e. The summed E-state index contributed by atoms with van der Waals surface area (Å²) in [5.74, 6) is -0.0964. The molecule has 4 nitrogen and oxygen atoms in total. The minimum Gasteiger partial charge on any atom is -0.350 e. The van der Waals surface area contributed by atoms with Crippen molar-refractivity contribution in [1.82, 2.24) is 14.7 Å². The number of nitrogens with zero attached hydrogens (tertiary/aromatic N) is 2. The van der Waals surface area contributed by atoms with Crippen LogP contribution in [0.3, 0.4) is 0 Å². The van der Waals surface area contributed by atoms with E-state index in [9.17, 15) is 4.79 Å². The van der Waals surface area contributed by atoms with Gasteiger partial charge < -0.3 is 9.72 Å². The molecule has 0 atom stereocenters. The maximum atomic E-state index is 12.6. The fraction of sp³-hybridized carbons (Fsp3) is 0.300. The van der Waals surface area contributed by atoms with Gasteiger partial charge in [0.1, 0.15) is 11.3 Å². The Morgan fingerprint density at radius 3 is 2.58 bits per heavy atom. The third-order valence-electron chi connectivity index (χ3n) is 5.13. The molecule has 0 bridgehead atoms. The zero-order valence-corrected chi connectivity index (χ0v) is 13.6. The van der Waals surface area contributed by atoms with Crippen LogP contribution in [0.4, 0.5) is 0 Å². The van der Waals surface area contributed by atoms with Crippen molar-refractivity contribution in [3.05, 3.63) is 72.2 Å². The first-order valence-electron chi connectivity index (χ1n) is 8.54. The molecule has 24 heavy (non-hydrogen) atoms. The van der Waals surface area contributed by atoms with Gasteiger partial charge in [-0.1, -0.05) is 49.2 Å². The van der Waals surface area contributed by atoms with Crippen molar-refractivity contribution in [1.29, 1.82) is 0 Å². The molecule has 2 heterocycles. The molecule has 1 amide bonds. The lowest BCUT2D eigenvalue weighted by Crippen LogP contribution is -2.39. The third-order valence-corrected chi connectivity index (χ3v) is 5.13. The lowest BCUT2D eigenvalue weighted by molar-refractivity contribution is 0.0938. The van der Waals surface area contributed by atoms with E-state index in [0.29, 0.717) is 12.2 Å². The van der Waals surface area contributed by atoms with Crippen molar-refractivity contribution in [3.8, 4) is 0 Å². The van der Waals surface area contributed by atoms with Crippen molar-refractivity contribution < 1.29 is 4.79 Å². The van der Waals surface area contributed by atoms with Gasteiger partial charge in [0, 0.05) is 24.4 Å². The molecule has 4 heteroatoms. The molecule has 0 saturated heterocycles. The Morgan fingerprint density at radius 1 is 1.08 bits per heavy atom. The zero-order chi connectivity index (χ0) is 16.4. The number of hydrogen-bond acceptors (Lipinski definition) is 2. The largest absolute Gasteiger partial charge is 0.350 e. The summed E-state index contributed by atoms with van der Waals surface area (Å²) in [5.41, 5.74) is 2.66. The summed E-state index contributed by atoms with van der Waals surface area (Å²) < 4.78 is 1.87. The van der Waals surface area contributed by atoms with E-state index in [1.165, 1.54) is 18.4 Å². The number of benzene rings is 1. The topological polar surface area (TPSA) is 46.4 Å². The molecule has 0 radical (unpaired) electrons. The van der Waals surface area contributed by atoms with E-state index in [1.54, 1.807) is 6.20 Å². The molecule has 0 aliphatic heterocycles. The van der Waals surface area contributed by atoms with Crippen LogP contribution in [0.25, 0.3) is 5.65 Å². The number of carbonyl (C=O) groups is 1. The molecular weight excluding hydrogens is 298 g/mol. The van der Waals surface area contributed by atoms with E-state index in [4.69, 9.17) is 0 Å². The minimum atomic E-state index is -0.0964. The molecule has 4 rings (SSSR count). The van der Waals surface area contributed by atoms with Gasteiger partial charge in [-0.25, -0.2) is 4.98 Å². The third kappa shape index (κ3) is 2.68. The summed E-state index contributed by atoms with van der Waals surface area (Å²) >= 11 is 0. The van der Waals surface area contributed by atoms with Gasteiger partial charge in [-0.15, -0.1) is 0 Å². The van der Waals surface area contributed by atoms with Crippen molar-refractivity contribution in [3.63, 3.8) is 0 Å². The molecule has 1 N–H and O–H groups in total. The van der Waals surface area contributed by atoms with Crippen LogP contribution in [0.1, 0.15) is 41.7 Å². The number of rotatable bonds is 4. The predicted octanol–water partition coefficient (Wildman–Crippen LogP) is 3.58. The van der Waals surface area contributed by atoms with Crippen molar-refractivity contribution >= 4 is 11.6 Å². The van der Waals surface area contributed by atoms with Gasteiger partial charge in [-0.05, 0) is 30.5 Å². The number of aromatic nitrogens is 2. The van der Waals surface area contributed by atoms with Crippen LogP contribution in [-0.2, 0) is 5.41 Å². The first-order chi connectivity index (χ1) is 11.8. The minimum absolute atomic E-state index is 0.0656. The second-order valence-electron chi connectivity index (χ2n) is 6.63. The van der Waals surface area contributed by atoms with Crippen molar-refractivity contribution in [2.45, 2.75) is 31.1 Å². The molecule has 1 fully saturated rings. The number of carbonyl (C=O) groups excluding carboxylic acids is 1. The highest BCUT2D eigenvalue weighted by atomic mass is 16.1. The lowest BCUT2D eigenvalue weighted by Gasteiger charge is -2.29. The van der Waals surface area contributed by atoms with Crippen LogP contribution in [-0.4, -0.2) is 21.8 Å². The molecule has 122 valence electrons. The maximum Gasteiger partial charge on any atom is 0.271 e. The van der Waals surface area contributed by atoms with Gasteiger partial charge in [0.15, 0.2) is 0 Å². The average molecular weight is 319 g/mol. The second kappa shape index (κ2) is 6.11. The zero-order valence-electron chi connectivity index (χ0n) is 13.6. The fourth-order valence-electron chi connectivity index (χ4n) is 3.80. The quantitative estimate of drug-likeness (QED) is 0.799. The summed E-state index contributed by atoms with van der Waals surface area (Å²) in [5, 5.41) is 3.13. The molecule has 1 saturated carbocycles. The Morgan fingerprint density at radius 2 is 1.83 bits per heavy atom. The van der Waals surface area contributed by atoms with Gasteiger partial charge in [0.05, 0.1) is 0 Å². The first kappa shape index (κ1) is 14.9. The molecule has 1 aromatic carbocycles. The molecule has 0 spiro atoms. The summed E-state index contributed by atoms with van der Waals surface area (Å²) in [6.45, 7) is 0.670. The number of imidazole rings is 1. The molecule has 2 aromatic heterocycles. The summed E-state index contributed by atoms with van der Waals surface area (Å²) in [6.07, 6.45) is 8.39. The van der Waals surface area contributed by atoms with Crippen LogP contribution in [0.2, 0.25) is 0 Å². The van der Waals surface area contributed by atoms with E-state index in [1.807, 2.05) is 34.9 Å². The molecule has 1 aliphatic carbocycles. The SMILES string of the molecule is O=C(NCC1(c2ccccc2)CCCC1)c1cn2ccccc2n1. The van der Waals surface area contributed by atoms with Crippen LogP contribution in [0.5, 0.6) is 0 Å². The summed E-state index contributed by atoms with van der Waals surface area (Å²) in [7, 11) is 0. The van der Waals surface area contributed by atoms with Gasteiger partial charge in [0.2, 0.25) is 0 Å². The van der Waals surface area contributed by atoms with Crippen LogP contribution < -0.4 is 5.32 Å².